The van der Waals surface area contributed by atoms with Gasteiger partial charge in [-0.05, 0) is 104 Å². The second-order valence-corrected chi connectivity index (χ2v) is 16.7. The Balaban J connectivity index is 1.32. The van der Waals surface area contributed by atoms with Crippen molar-refractivity contribution in [2.24, 2.45) is 0 Å². The minimum absolute atomic E-state index is 0.0419. The van der Waals surface area contributed by atoms with E-state index in [1.165, 1.54) is 66.8 Å². The first-order chi connectivity index (χ1) is 25.9. The van der Waals surface area contributed by atoms with Gasteiger partial charge in [0.1, 0.15) is 6.33 Å². The van der Waals surface area contributed by atoms with E-state index in [1.54, 1.807) is 0 Å². The van der Waals surface area contributed by atoms with Gasteiger partial charge in [0.15, 0.2) is 0 Å². The Bertz CT molecular complexity index is 2590. The van der Waals surface area contributed by atoms with Crippen LogP contribution in [0.1, 0.15) is 58.2 Å². The van der Waals surface area contributed by atoms with E-state index in [0.717, 1.165) is 22.3 Å². The van der Waals surface area contributed by atoms with Crippen LogP contribution in [-0.4, -0.2) is 9.55 Å². The van der Waals surface area contributed by atoms with E-state index in [4.69, 9.17) is 4.98 Å². The molecule has 2 heteroatoms. The molecule has 0 unspecified atom stereocenters. The number of aryl methyl sites for hydroxylation is 1. The molecule has 0 bridgehead atoms. The van der Waals surface area contributed by atoms with Gasteiger partial charge in [-0.15, -0.1) is 0 Å². The SMILES string of the molecule is Cc1ccc(-c2cccc(-c3cc(-c4cccc5c4ncn5-c4cc(-c5ccccc5)c(C(C)(C)C)cc4-c4ccccc4)cc(C(C)(C)C)c3)c2)cc1. The Morgan fingerprint density at radius 2 is 1.00 bits per heavy atom. The summed E-state index contributed by atoms with van der Waals surface area (Å²) in [6, 6.07) is 57.8. The lowest BCUT2D eigenvalue weighted by molar-refractivity contribution is 0.590. The zero-order chi connectivity index (χ0) is 37.6. The largest absolute Gasteiger partial charge is 0.298 e. The predicted molar refractivity (Wildman–Crippen MR) is 230 cm³/mol. The second-order valence-electron chi connectivity index (χ2n) is 16.7. The average molecular weight is 701 g/mol. The summed E-state index contributed by atoms with van der Waals surface area (Å²) in [7, 11) is 0. The third-order valence-corrected chi connectivity index (χ3v) is 10.6. The minimum Gasteiger partial charge on any atom is -0.298 e. The van der Waals surface area contributed by atoms with Gasteiger partial charge in [0, 0.05) is 11.1 Å². The third-order valence-electron chi connectivity index (χ3n) is 10.6. The van der Waals surface area contributed by atoms with Gasteiger partial charge < -0.3 is 0 Å². The van der Waals surface area contributed by atoms with Crippen LogP contribution in [0.15, 0.2) is 164 Å². The number of rotatable bonds is 6. The van der Waals surface area contributed by atoms with E-state index in [9.17, 15) is 0 Å². The van der Waals surface area contributed by atoms with E-state index in [1.807, 2.05) is 6.33 Å². The summed E-state index contributed by atoms with van der Waals surface area (Å²) in [5, 5.41) is 0. The highest BCUT2D eigenvalue weighted by atomic mass is 15.1. The lowest BCUT2D eigenvalue weighted by atomic mass is 9.79. The maximum atomic E-state index is 5.20. The van der Waals surface area contributed by atoms with Gasteiger partial charge in [-0.25, -0.2) is 4.98 Å². The Labute approximate surface area is 320 Å². The van der Waals surface area contributed by atoms with Crippen LogP contribution in [0, 0.1) is 6.92 Å². The van der Waals surface area contributed by atoms with Crippen LogP contribution in [0.4, 0.5) is 0 Å². The smallest absolute Gasteiger partial charge is 0.100 e. The maximum absolute atomic E-state index is 5.20. The first-order valence-electron chi connectivity index (χ1n) is 19.0. The van der Waals surface area contributed by atoms with Gasteiger partial charge in [0.2, 0.25) is 0 Å². The lowest BCUT2D eigenvalue weighted by Gasteiger charge is -2.26. The number of imidazole rings is 1. The summed E-state index contributed by atoms with van der Waals surface area (Å²) in [6.07, 6.45) is 2.01. The van der Waals surface area contributed by atoms with Crippen molar-refractivity contribution in [3.8, 4) is 61.3 Å². The third kappa shape index (κ3) is 6.81. The highest BCUT2D eigenvalue weighted by molar-refractivity contribution is 5.95. The Kier molecular flexibility index (Phi) is 8.94. The molecule has 8 aromatic rings. The molecule has 0 saturated heterocycles. The van der Waals surface area contributed by atoms with Crippen molar-refractivity contribution in [2.75, 3.05) is 0 Å². The topological polar surface area (TPSA) is 17.8 Å². The van der Waals surface area contributed by atoms with Crippen LogP contribution in [-0.2, 0) is 10.8 Å². The molecule has 8 rings (SSSR count). The standard InChI is InChI=1S/C52H48N2/c1-35-24-26-36(27-25-35)39-20-14-21-40(28-39)41-29-42(31-43(30-41)51(2,3)4)44-22-15-23-48-50(44)53-34-54(48)49-33-45(37-16-10-8-11-17-37)47(52(5,6)7)32-46(49)38-18-12-9-13-19-38/h8-34H,1-7H3. The molecule has 1 aromatic heterocycles. The Morgan fingerprint density at radius 1 is 0.426 bits per heavy atom. The molecule has 0 saturated carbocycles. The van der Waals surface area contributed by atoms with E-state index in [2.05, 4.69) is 211 Å². The zero-order valence-electron chi connectivity index (χ0n) is 32.5. The molecule has 0 fully saturated rings. The van der Waals surface area contributed by atoms with Crippen molar-refractivity contribution >= 4 is 11.0 Å². The molecule has 0 spiro atoms. The fraction of sp³-hybridized carbons (Fsp3) is 0.173. The van der Waals surface area contributed by atoms with Gasteiger partial charge in [-0.2, -0.15) is 0 Å². The molecule has 266 valence electrons. The summed E-state index contributed by atoms with van der Waals surface area (Å²) in [4.78, 5) is 5.20. The molecular weight excluding hydrogens is 653 g/mol. The fourth-order valence-corrected chi connectivity index (χ4v) is 7.58. The number of benzene rings is 7. The molecule has 0 aliphatic rings. The molecule has 0 aliphatic carbocycles. The van der Waals surface area contributed by atoms with Crippen molar-refractivity contribution in [2.45, 2.75) is 59.3 Å². The van der Waals surface area contributed by atoms with Crippen LogP contribution < -0.4 is 0 Å². The van der Waals surface area contributed by atoms with Gasteiger partial charge in [-0.3, -0.25) is 4.57 Å². The van der Waals surface area contributed by atoms with E-state index < -0.39 is 0 Å². The molecule has 54 heavy (non-hydrogen) atoms. The zero-order valence-corrected chi connectivity index (χ0v) is 32.5. The highest BCUT2D eigenvalue weighted by Crippen LogP contribution is 2.42. The molecule has 1 heterocycles. The van der Waals surface area contributed by atoms with Crippen molar-refractivity contribution in [3.05, 3.63) is 181 Å². The molecule has 7 aromatic carbocycles. The number of fused-ring (bicyclic) bond motifs is 1. The molecule has 0 amide bonds. The summed E-state index contributed by atoms with van der Waals surface area (Å²) in [5.41, 5.74) is 19.0. The van der Waals surface area contributed by atoms with Crippen molar-refractivity contribution in [1.82, 2.24) is 9.55 Å². The molecule has 2 nitrogen and oxygen atoms in total. The summed E-state index contributed by atoms with van der Waals surface area (Å²) < 4.78 is 2.29. The second kappa shape index (κ2) is 13.8. The number of hydrogen-bond donors (Lipinski definition) is 0. The molecular formula is C52H48N2. The van der Waals surface area contributed by atoms with E-state index in [0.29, 0.717) is 0 Å². The van der Waals surface area contributed by atoms with Crippen LogP contribution in [0.3, 0.4) is 0 Å². The first-order valence-corrected chi connectivity index (χ1v) is 19.0. The highest BCUT2D eigenvalue weighted by Gasteiger charge is 2.24. The quantitative estimate of drug-likeness (QED) is 0.169. The normalized spacial score (nSPS) is 12.0. The van der Waals surface area contributed by atoms with E-state index >= 15 is 0 Å². The van der Waals surface area contributed by atoms with Crippen LogP contribution >= 0.6 is 0 Å². The van der Waals surface area contributed by atoms with E-state index in [-0.39, 0.29) is 10.8 Å². The van der Waals surface area contributed by atoms with Crippen molar-refractivity contribution in [1.29, 1.82) is 0 Å². The number of aromatic nitrogens is 2. The molecule has 0 N–H and O–H groups in total. The summed E-state index contributed by atoms with van der Waals surface area (Å²) >= 11 is 0. The molecule has 0 atom stereocenters. The number of para-hydroxylation sites is 1. The predicted octanol–water partition coefficient (Wildman–Crippen LogP) is 14.3. The summed E-state index contributed by atoms with van der Waals surface area (Å²) in [6.45, 7) is 15.9. The number of nitrogens with zero attached hydrogens (tertiary/aromatic N) is 2. The van der Waals surface area contributed by atoms with Crippen LogP contribution in [0.25, 0.3) is 72.4 Å². The van der Waals surface area contributed by atoms with Gasteiger partial charge in [0.05, 0.1) is 16.7 Å². The average Bonchev–Trinajstić information content (AvgIpc) is 3.62. The van der Waals surface area contributed by atoms with Gasteiger partial charge in [0.25, 0.3) is 0 Å². The van der Waals surface area contributed by atoms with Crippen LogP contribution in [0.5, 0.6) is 0 Å². The lowest BCUT2D eigenvalue weighted by Crippen LogP contribution is -2.14. The minimum atomic E-state index is -0.0627. The van der Waals surface area contributed by atoms with Crippen LogP contribution in [0.2, 0.25) is 0 Å². The van der Waals surface area contributed by atoms with Crippen molar-refractivity contribution < 1.29 is 0 Å². The van der Waals surface area contributed by atoms with Gasteiger partial charge >= 0.3 is 0 Å². The Morgan fingerprint density at radius 3 is 1.65 bits per heavy atom. The van der Waals surface area contributed by atoms with Crippen molar-refractivity contribution in [3.63, 3.8) is 0 Å². The molecule has 0 aliphatic heterocycles. The summed E-state index contributed by atoms with van der Waals surface area (Å²) in [5.74, 6) is 0. The monoisotopic (exact) mass is 700 g/mol. The maximum Gasteiger partial charge on any atom is 0.100 e. The first kappa shape index (κ1) is 35.1. The Hall–Kier alpha value is -5.99. The fourth-order valence-electron chi connectivity index (χ4n) is 7.58. The molecule has 0 radical (unpaired) electrons. The number of hydrogen-bond acceptors (Lipinski definition) is 1. The van der Waals surface area contributed by atoms with Gasteiger partial charge in [-0.1, -0.05) is 174 Å².